The average Bonchev–Trinajstić information content (AvgIpc) is 2.61. The molecule has 0 radical (unpaired) electrons. The summed E-state index contributed by atoms with van der Waals surface area (Å²) in [6.45, 7) is 2.33. The first-order valence-corrected chi connectivity index (χ1v) is 8.64. The van der Waals surface area contributed by atoms with Gasteiger partial charge >= 0.3 is 0 Å². The summed E-state index contributed by atoms with van der Waals surface area (Å²) in [5, 5.41) is 0. The van der Waals surface area contributed by atoms with Gasteiger partial charge < -0.3 is 0 Å². The molecule has 0 spiro atoms. The monoisotopic (exact) mass is 316 g/mol. The van der Waals surface area contributed by atoms with Crippen molar-refractivity contribution in [2.45, 2.75) is 25.7 Å². The molecule has 24 heavy (non-hydrogen) atoms. The van der Waals surface area contributed by atoms with E-state index in [2.05, 4.69) is 55.5 Å². The van der Waals surface area contributed by atoms with Crippen LogP contribution >= 0.6 is 0 Å². The van der Waals surface area contributed by atoms with Gasteiger partial charge in [0.2, 0.25) is 0 Å². The molecule has 0 nitrogen and oxygen atoms in total. The van der Waals surface area contributed by atoms with Crippen LogP contribution in [0.2, 0.25) is 0 Å². The Morgan fingerprint density at radius 1 is 0.833 bits per heavy atom. The topological polar surface area (TPSA) is 0 Å². The zero-order valence-corrected chi connectivity index (χ0v) is 13.9. The molecule has 3 aromatic rings. The maximum Gasteiger partial charge on any atom is 0.123 e. The van der Waals surface area contributed by atoms with Crippen LogP contribution in [-0.2, 0) is 6.42 Å². The third-order valence-corrected chi connectivity index (χ3v) is 5.08. The molecule has 0 fully saturated rings. The molecule has 0 heterocycles. The molecule has 0 saturated carbocycles. The molecular formula is C23H21F. The fourth-order valence-corrected chi connectivity index (χ4v) is 3.97. The van der Waals surface area contributed by atoms with Gasteiger partial charge in [0.15, 0.2) is 0 Å². The van der Waals surface area contributed by atoms with Gasteiger partial charge in [0, 0.05) is 5.92 Å². The number of halogens is 1. The van der Waals surface area contributed by atoms with E-state index in [4.69, 9.17) is 0 Å². The Kier molecular flexibility index (Phi) is 3.93. The fraction of sp³-hybridized carbons (Fsp3) is 0.217. The molecule has 3 aromatic carbocycles. The molecule has 1 aliphatic carbocycles. The van der Waals surface area contributed by atoms with Crippen molar-refractivity contribution < 1.29 is 4.39 Å². The highest BCUT2D eigenvalue weighted by Crippen LogP contribution is 2.40. The van der Waals surface area contributed by atoms with Gasteiger partial charge in [0.25, 0.3) is 0 Å². The second kappa shape index (κ2) is 6.24. The SMILES string of the molecule is C[C@@H]1Cc2ccccc2[C@H](c2cccc(-c3cccc(F)c3)c2)C1. The third kappa shape index (κ3) is 2.87. The maximum absolute atomic E-state index is 13.6. The summed E-state index contributed by atoms with van der Waals surface area (Å²) in [5.74, 6) is 0.927. The normalized spacial score (nSPS) is 19.8. The summed E-state index contributed by atoms with van der Waals surface area (Å²) in [7, 11) is 0. The number of hydrogen-bond acceptors (Lipinski definition) is 0. The Morgan fingerprint density at radius 2 is 1.58 bits per heavy atom. The van der Waals surface area contributed by atoms with E-state index in [1.165, 1.54) is 29.2 Å². The molecule has 0 aliphatic heterocycles. The number of hydrogen-bond donors (Lipinski definition) is 0. The van der Waals surface area contributed by atoms with Crippen molar-refractivity contribution in [3.05, 3.63) is 95.3 Å². The third-order valence-electron chi connectivity index (χ3n) is 5.08. The van der Waals surface area contributed by atoms with E-state index in [1.54, 1.807) is 12.1 Å². The predicted molar refractivity (Wildman–Crippen MR) is 97.6 cm³/mol. The molecule has 0 bridgehead atoms. The smallest absolute Gasteiger partial charge is 0.123 e. The Hall–Kier alpha value is -2.41. The lowest BCUT2D eigenvalue weighted by Crippen LogP contribution is -2.17. The predicted octanol–water partition coefficient (Wildman–Crippen LogP) is 6.21. The summed E-state index contributed by atoms with van der Waals surface area (Å²) in [6.07, 6.45) is 2.33. The Bertz CT molecular complexity index is 865. The molecule has 1 aliphatic rings. The van der Waals surface area contributed by atoms with Crippen molar-refractivity contribution in [1.29, 1.82) is 0 Å². The second-order valence-electron chi connectivity index (χ2n) is 6.93. The Balaban J connectivity index is 1.77. The van der Waals surface area contributed by atoms with Gasteiger partial charge in [-0.05, 0) is 58.7 Å². The summed E-state index contributed by atoms with van der Waals surface area (Å²) in [4.78, 5) is 0. The molecule has 120 valence electrons. The number of rotatable bonds is 2. The first-order chi connectivity index (χ1) is 11.7. The fourth-order valence-electron chi connectivity index (χ4n) is 3.97. The minimum absolute atomic E-state index is 0.186. The molecule has 4 rings (SSSR count). The van der Waals surface area contributed by atoms with Gasteiger partial charge in [-0.3, -0.25) is 0 Å². The lowest BCUT2D eigenvalue weighted by molar-refractivity contribution is 0.464. The zero-order chi connectivity index (χ0) is 16.5. The van der Waals surface area contributed by atoms with Crippen LogP contribution in [0.15, 0.2) is 72.8 Å². The Labute approximate surface area is 143 Å². The van der Waals surface area contributed by atoms with Crippen LogP contribution in [0.3, 0.4) is 0 Å². The van der Waals surface area contributed by atoms with E-state index >= 15 is 0 Å². The molecule has 0 amide bonds. The molecule has 0 N–H and O–H groups in total. The van der Waals surface area contributed by atoms with Gasteiger partial charge in [-0.25, -0.2) is 4.39 Å². The minimum atomic E-state index is -0.186. The van der Waals surface area contributed by atoms with Crippen LogP contribution in [0.25, 0.3) is 11.1 Å². The first kappa shape index (κ1) is 15.1. The van der Waals surface area contributed by atoms with Crippen molar-refractivity contribution in [2.75, 3.05) is 0 Å². The summed E-state index contributed by atoms with van der Waals surface area (Å²) in [6, 6.07) is 24.2. The molecule has 0 unspecified atom stereocenters. The van der Waals surface area contributed by atoms with Gasteiger partial charge in [-0.15, -0.1) is 0 Å². The summed E-state index contributed by atoms with van der Waals surface area (Å²) < 4.78 is 13.6. The minimum Gasteiger partial charge on any atom is -0.207 e. The zero-order valence-electron chi connectivity index (χ0n) is 13.9. The molecule has 1 heteroatoms. The van der Waals surface area contributed by atoms with Gasteiger partial charge in [0.05, 0.1) is 0 Å². The van der Waals surface area contributed by atoms with Crippen molar-refractivity contribution in [3.8, 4) is 11.1 Å². The highest BCUT2D eigenvalue weighted by Gasteiger charge is 2.25. The van der Waals surface area contributed by atoms with E-state index in [9.17, 15) is 4.39 Å². The number of fused-ring (bicyclic) bond motifs is 1. The van der Waals surface area contributed by atoms with E-state index < -0.39 is 0 Å². The van der Waals surface area contributed by atoms with Gasteiger partial charge in [-0.2, -0.15) is 0 Å². The Morgan fingerprint density at radius 3 is 2.42 bits per heavy atom. The van der Waals surface area contributed by atoms with Crippen molar-refractivity contribution in [2.24, 2.45) is 5.92 Å². The lowest BCUT2D eigenvalue weighted by Gasteiger charge is -2.30. The number of benzene rings is 3. The van der Waals surface area contributed by atoms with Crippen LogP contribution < -0.4 is 0 Å². The quantitative estimate of drug-likeness (QED) is 0.527. The van der Waals surface area contributed by atoms with Crippen molar-refractivity contribution in [1.82, 2.24) is 0 Å². The van der Waals surface area contributed by atoms with E-state index in [0.29, 0.717) is 11.8 Å². The highest BCUT2D eigenvalue weighted by atomic mass is 19.1. The van der Waals surface area contributed by atoms with Crippen LogP contribution in [-0.4, -0.2) is 0 Å². The highest BCUT2D eigenvalue weighted by molar-refractivity contribution is 5.64. The van der Waals surface area contributed by atoms with Crippen LogP contribution in [0, 0.1) is 11.7 Å². The van der Waals surface area contributed by atoms with Crippen LogP contribution in [0.5, 0.6) is 0 Å². The van der Waals surface area contributed by atoms with Crippen molar-refractivity contribution >= 4 is 0 Å². The van der Waals surface area contributed by atoms with Gasteiger partial charge in [-0.1, -0.05) is 67.6 Å². The average molecular weight is 316 g/mol. The molecule has 0 saturated heterocycles. The lowest BCUT2D eigenvalue weighted by atomic mass is 9.74. The van der Waals surface area contributed by atoms with Crippen LogP contribution in [0.1, 0.15) is 36.0 Å². The second-order valence-corrected chi connectivity index (χ2v) is 6.93. The molecular weight excluding hydrogens is 295 g/mol. The van der Waals surface area contributed by atoms with Crippen molar-refractivity contribution in [3.63, 3.8) is 0 Å². The van der Waals surface area contributed by atoms with E-state index in [0.717, 1.165) is 17.5 Å². The summed E-state index contributed by atoms with van der Waals surface area (Å²) in [5.41, 5.74) is 6.27. The van der Waals surface area contributed by atoms with Crippen LogP contribution in [0.4, 0.5) is 4.39 Å². The molecule has 2 atom stereocenters. The molecule has 0 aromatic heterocycles. The summed E-state index contributed by atoms with van der Waals surface area (Å²) >= 11 is 0. The first-order valence-electron chi connectivity index (χ1n) is 8.64. The van der Waals surface area contributed by atoms with E-state index in [1.807, 2.05) is 6.07 Å². The van der Waals surface area contributed by atoms with E-state index in [-0.39, 0.29) is 5.82 Å². The largest absolute Gasteiger partial charge is 0.207 e. The standard InChI is InChI=1S/C23H21F/c1-16-12-19-6-2-3-11-22(19)23(13-16)20-9-4-7-17(14-20)18-8-5-10-21(24)15-18/h2-11,14-16,23H,12-13H2,1H3/t16-,23+/m1/s1. The maximum atomic E-state index is 13.6. The van der Waals surface area contributed by atoms with Gasteiger partial charge in [0.1, 0.15) is 5.82 Å².